The van der Waals surface area contributed by atoms with Gasteiger partial charge in [-0.05, 0) is 30.5 Å². The molecule has 0 saturated carbocycles. The van der Waals surface area contributed by atoms with Gasteiger partial charge in [0.05, 0.1) is 5.52 Å². The Morgan fingerprint density at radius 2 is 2.17 bits per heavy atom. The molecule has 0 radical (unpaired) electrons. The average molecular weight is 309 g/mol. The third-order valence-electron chi connectivity index (χ3n) is 4.13. The standard InChI is InChI=1S/C19H23N3O/c1-14(2)7-8-19(23)22-12-10-15(13-22)21-18-9-11-20-17-6-4-3-5-16(17)18/h3-9,11,14-15H,10,12-13H2,1-2H3,(H,20,21)/t15-/m0/s1. The van der Waals surface area contributed by atoms with Gasteiger partial charge in [-0.25, -0.2) is 0 Å². The van der Waals surface area contributed by atoms with Crippen LogP contribution in [0.25, 0.3) is 10.9 Å². The smallest absolute Gasteiger partial charge is 0.246 e. The second-order valence-corrected chi connectivity index (χ2v) is 6.39. The number of allylic oxidation sites excluding steroid dienone is 1. The molecule has 3 rings (SSSR count). The van der Waals surface area contributed by atoms with Gasteiger partial charge < -0.3 is 10.2 Å². The number of carbonyl (C=O) groups is 1. The van der Waals surface area contributed by atoms with Gasteiger partial charge in [0, 0.05) is 36.4 Å². The first kappa shape index (κ1) is 15.5. The summed E-state index contributed by atoms with van der Waals surface area (Å²) in [7, 11) is 0. The molecule has 1 amide bonds. The fourth-order valence-corrected chi connectivity index (χ4v) is 2.90. The third kappa shape index (κ3) is 3.70. The number of nitrogens with one attached hydrogen (secondary N) is 1. The van der Waals surface area contributed by atoms with Crippen molar-refractivity contribution in [3.05, 3.63) is 48.7 Å². The molecule has 4 heteroatoms. The summed E-state index contributed by atoms with van der Waals surface area (Å²) in [6, 6.07) is 10.4. The number of fused-ring (bicyclic) bond motifs is 1. The van der Waals surface area contributed by atoms with E-state index in [0.717, 1.165) is 36.1 Å². The Balaban J connectivity index is 1.67. The van der Waals surface area contributed by atoms with Crippen molar-refractivity contribution in [2.75, 3.05) is 18.4 Å². The van der Waals surface area contributed by atoms with Crippen molar-refractivity contribution in [2.45, 2.75) is 26.3 Å². The molecule has 0 aliphatic carbocycles. The molecule has 1 aromatic heterocycles. The topological polar surface area (TPSA) is 45.2 Å². The molecule has 1 aromatic carbocycles. The predicted octanol–water partition coefficient (Wildman–Crippen LogP) is 3.46. The van der Waals surface area contributed by atoms with Gasteiger partial charge in [-0.3, -0.25) is 9.78 Å². The van der Waals surface area contributed by atoms with Gasteiger partial charge >= 0.3 is 0 Å². The van der Waals surface area contributed by atoms with Crippen molar-refractivity contribution in [2.24, 2.45) is 5.92 Å². The molecular weight excluding hydrogens is 286 g/mol. The molecule has 0 bridgehead atoms. The molecule has 1 aliphatic heterocycles. The van der Waals surface area contributed by atoms with Gasteiger partial charge in [-0.15, -0.1) is 0 Å². The van der Waals surface area contributed by atoms with Crippen molar-refractivity contribution in [1.29, 1.82) is 0 Å². The Hall–Kier alpha value is -2.36. The van der Waals surface area contributed by atoms with E-state index < -0.39 is 0 Å². The summed E-state index contributed by atoms with van der Waals surface area (Å²) < 4.78 is 0. The molecule has 2 aromatic rings. The maximum Gasteiger partial charge on any atom is 0.246 e. The number of anilines is 1. The second-order valence-electron chi connectivity index (χ2n) is 6.39. The minimum Gasteiger partial charge on any atom is -0.380 e. The Morgan fingerprint density at radius 3 is 3.00 bits per heavy atom. The van der Waals surface area contributed by atoms with Gasteiger partial charge in [0.15, 0.2) is 0 Å². The molecule has 23 heavy (non-hydrogen) atoms. The molecule has 2 heterocycles. The number of carbonyl (C=O) groups excluding carboxylic acids is 1. The number of hydrogen-bond donors (Lipinski definition) is 1. The molecule has 1 atom stereocenters. The molecule has 1 N–H and O–H groups in total. The maximum atomic E-state index is 12.2. The highest BCUT2D eigenvalue weighted by atomic mass is 16.2. The Bertz CT molecular complexity index is 718. The number of para-hydroxylation sites is 1. The van der Waals surface area contributed by atoms with Crippen LogP contribution in [0.4, 0.5) is 5.69 Å². The van der Waals surface area contributed by atoms with Crippen LogP contribution in [0.2, 0.25) is 0 Å². The molecule has 1 fully saturated rings. The molecule has 4 nitrogen and oxygen atoms in total. The number of amides is 1. The summed E-state index contributed by atoms with van der Waals surface area (Å²) >= 11 is 0. The lowest BCUT2D eigenvalue weighted by atomic mass is 10.1. The maximum absolute atomic E-state index is 12.2. The first-order chi connectivity index (χ1) is 11.1. The SMILES string of the molecule is CC(C)C=CC(=O)N1CC[C@H](Nc2ccnc3ccccc23)C1. The minimum atomic E-state index is 0.114. The van der Waals surface area contributed by atoms with Crippen LogP contribution < -0.4 is 5.32 Å². The monoisotopic (exact) mass is 309 g/mol. The lowest BCUT2D eigenvalue weighted by molar-refractivity contribution is -0.125. The van der Waals surface area contributed by atoms with Crippen LogP contribution in [-0.4, -0.2) is 34.9 Å². The summed E-state index contributed by atoms with van der Waals surface area (Å²) in [5, 5.41) is 4.70. The first-order valence-corrected chi connectivity index (χ1v) is 8.21. The first-order valence-electron chi connectivity index (χ1n) is 8.21. The van der Waals surface area contributed by atoms with Crippen molar-refractivity contribution in [1.82, 2.24) is 9.88 Å². The van der Waals surface area contributed by atoms with Crippen molar-refractivity contribution in [3.8, 4) is 0 Å². The van der Waals surface area contributed by atoms with Crippen molar-refractivity contribution < 1.29 is 4.79 Å². The molecule has 0 spiro atoms. The van der Waals surface area contributed by atoms with E-state index in [1.165, 1.54) is 0 Å². The van der Waals surface area contributed by atoms with E-state index in [1.54, 1.807) is 6.08 Å². The van der Waals surface area contributed by atoms with E-state index >= 15 is 0 Å². The Labute approximate surface area is 137 Å². The van der Waals surface area contributed by atoms with Crippen LogP contribution in [-0.2, 0) is 4.79 Å². The summed E-state index contributed by atoms with van der Waals surface area (Å²) in [4.78, 5) is 18.5. The Morgan fingerprint density at radius 1 is 1.35 bits per heavy atom. The third-order valence-corrected chi connectivity index (χ3v) is 4.13. The average Bonchev–Trinajstić information content (AvgIpc) is 3.01. The van der Waals surface area contributed by atoms with Crippen LogP contribution in [0.3, 0.4) is 0 Å². The molecular formula is C19H23N3O. The largest absolute Gasteiger partial charge is 0.380 e. The summed E-state index contributed by atoms with van der Waals surface area (Å²) in [5.74, 6) is 0.515. The van der Waals surface area contributed by atoms with Gasteiger partial charge in [0.2, 0.25) is 5.91 Å². The predicted molar refractivity (Wildman–Crippen MR) is 94.3 cm³/mol. The fraction of sp³-hybridized carbons (Fsp3) is 0.368. The highest BCUT2D eigenvalue weighted by Gasteiger charge is 2.25. The lowest BCUT2D eigenvalue weighted by Gasteiger charge is -2.17. The van der Waals surface area contributed by atoms with Gasteiger partial charge in [0.1, 0.15) is 0 Å². The quantitative estimate of drug-likeness (QED) is 0.880. The van der Waals surface area contributed by atoms with Crippen LogP contribution in [0, 0.1) is 5.92 Å². The number of likely N-dealkylation sites (tertiary alicyclic amines) is 1. The number of hydrogen-bond acceptors (Lipinski definition) is 3. The molecule has 120 valence electrons. The zero-order chi connectivity index (χ0) is 16.2. The number of aromatic nitrogens is 1. The Kier molecular flexibility index (Phi) is 4.60. The second kappa shape index (κ2) is 6.82. The highest BCUT2D eigenvalue weighted by molar-refractivity contribution is 5.91. The molecule has 1 aliphatic rings. The molecule has 0 unspecified atom stereocenters. The van der Waals surface area contributed by atoms with Crippen LogP contribution in [0.5, 0.6) is 0 Å². The van der Waals surface area contributed by atoms with E-state index in [0.29, 0.717) is 5.92 Å². The zero-order valence-corrected chi connectivity index (χ0v) is 13.7. The zero-order valence-electron chi connectivity index (χ0n) is 13.7. The summed E-state index contributed by atoms with van der Waals surface area (Å²) in [6.07, 6.45) is 6.46. The van der Waals surface area contributed by atoms with Crippen molar-refractivity contribution in [3.63, 3.8) is 0 Å². The van der Waals surface area contributed by atoms with Crippen LogP contribution in [0.15, 0.2) is 48.7 Å². The van der Waals surface area contributed by atoms with Gasteiger partial charge in [-0.2, -0.15) is 0 Å². The highest BCUT2D eigenvalue weighted by Crippen LogP contribution is 2.24. The van der Waals surface area contributed by atoms with Gasteiger partial charge in [0.25, 0.3) is 0 Å². The lowest BCUT2D eigenvalue weighted by Crippen LogP contribution is -2.30. The van der Waals surface area contributed by atoms with Crippen LogP contribution >= 0.6 is 0 Å². The van der Waals surface area contributed by atoms with E-state index in [1.807, 2.05) is 41.4 Å². The van der Waals surface area contributed by atoms with E-state index in [2.05, 4.69) is 30.2 Å². The fourth-order valence-electron chi connectivity index (χ4n) is 2.90. The number of benzene rings is 1. The summed E-state index contributed by atoms with van der Waals surface area (Å²) in [6.45, 7) is 5.71. The normalized spacial score (nSPS) is 18.2. The van der Waals surface area contributed by atoms with E-state index in [9.17, 15) is 4.79 Å². The number of nitrogens with zero attached hydrogens (tertiary/aromatic N) is 2. The van der Waals surface area contributed by atoms with Crippen molar-refractivity contribution >= 4 is 22.5 Å². The van der Waals surface area contributed by atoms with E-state index in [4.69, 9.17) is 0 Å². The minimum absolute atomic E-state index is 0.114. The molecule has 1 saturated heterocycles. The van der Waals surface area contributed by atoms with Crippen LogP contribution in [0.1, 0.15) is 20.3 Å². The summed E-state index contributed by atoms with van der Waals surface area (Å²) in [5.41, 5.74) is 2.08. The number of pyridine rings is 1. The van der Waals surface area contributed by atoms with Gasteiger partial charge in [-0.1, -0.05) is 38.1 Å². The number of rotatable bonds is 4. The van der Waals surface area contributed by atoms with E-state index in [-0.39, 0.29) is 11.9 Å².